The van der Waals surface area contributed by atoms with Gasteiger partial charge in [0.1, 0.15) is 0 Å². The van der Waals surface area contributed by atoms with Crippen molar-refractivity contribution in [2.75, 3.05) is 18.0 Å². The van der Waals surface area contributed by atoms with Gasteiger partial charge in [-0.3, -0.25) is 14.6 Å². The summed E-state index contributed by atoms with van der Waals surface area (Å²) in [5, 5.41) is 12.4. The normalized spacial score (nSPS) is 17.4. The van der Waals surface area contributed by atoms with Gasteiger partial charge in [0.25, 0.3) is 0 Å². The van der Waals surface area contributed by atoms with Crippen LogP contribution in [0.5, 0.6) is 0 Å². The Morgan fingerprint density at radius 3 is 2.74 bits per heavy atom. The highest BCUT2D eigenvalue weighted by Gasteiger charge is 2.32. The number of aromatic amines is 1. The molecule has 1 amide bonds. The van der Waals surface area contributed by atoms with Crippen LogP contribution in [-0.2, 0) is 31.2 Å². The van der Waals surface area contributed by atoms with Crippen LogP contribution >= 0.6 is 0 Å². The first-order chi connectivity index (χ1) is 16.6. The van der Waals surface area contributed by atoms with E-state index in [9.17, 15) is 4.79 Å². The summed E-state index contributed by atoms with van der Waals surface area (Å²) in [6.07, 6.45) is 5.75. The number of rotatable bonds is 3. The molecule has 2 aromatic heterocycles. The molecule has 2 aromatic carbocycles. The molecule has 2 aliphatic rings. The number of aryl methyl sites for hydroxylation is 1. The topological polar surface area (TPSA) is 70.1 Å². The number of carbonyl (C=O) groups excluding carboxylic acids is 1. The van der Waals surface area contributed by atoms with E-state index < -0.39 is 0 Å². The average molecular weight is 453 g/mol. The second-order valence-electron chi connectivity index (χ2n) is 9.36. The Morgan fingerprint density at radius 1 is 1.12 bits per heavy atom. The zero-order valence-corrected chi connectivity index (χ0v) is 19.5. The van der Waals surface area contributed by atoms with Crippen molar-refractivity contribution in [2.45, 2.75) is 32.2 Å². The maximum absolute atomic E-state index is 12.1. The molecular weight excluding hydrogens is 424 g/mol. The van der Waals surface area contributed by atoms with Gasteiger partial charge in [-0.05, 0) is 35.2 Å². The summed E-state index contributed by atoms with van der Waals surface area (Å²) >= 11 is 0. The predicted octanol–water partition coefficient (Wildman–Crippen LogP) is 4.19. The van der Waals surface area contributed by atoms with E-state index in [-0.39, 0.29) is 5.91 Å². The molecule has 7 nitrogen and oxygen atoms in total. The van der Waals surface area contributed by atoms with Crippen LogP contribution in [0.3, 0.4) is 0 Å². The molecule has 7 heteroatoms. The van der Waals surface area contributed by atoms with Crippen molar-refractivity contribution in [1.82, 2.24) is 24.9 Å². The molecule has 1 atom stereocenters. The molecule has 0 aliphatic carbocycles. The van der Waals surface area contributed by atoms with Crippen LogP contribution in [-0.4, -0.2) is 43.9 Å². The summed E-state index contributed by atoms with van der Waals surface area (Å²) in [4.78, 5) is 16.4. The van der Waals surface area contributed by atoms with Crippen molar-refractivity contribution in [1.29, 1.82) is 0 Å². The van der Waals surface area contributed by atoms with Crippen LogP contribution in [0.4, 0.5) is 11.5 Å². The van der Waals surface area contributed by atoms with Gasteiger partial charge < -0.3 is 9.80 Å². The maximum atomic E-state index is 12.1. The molecule has 4 heterocycles. The van der Waals surface area contributed by atoms with Crippen molar-refractivity contribution in [3.63, 3.8) is 0 Å². The lowest BCUT2D eigenvalue weighted by Crippen LogP contribution is -2.36. The third kappa shape index (κ3) is 3.57. The molecule has 2 aliphatic heterocycles. The molecule has 0 saturated heterocycles. The monoisotopic (exact) mass is 452 g/mol. The Labute approximate surface area is 199 Å². The van der Waals surface area contributed by atoms with Crippen LogP contribution in [0, 0.1) is 0 Å². The van der Waals surface area contributed by atoms with Gasteiger partial charge in [-0.1, -0.05) is 36.4 Å². The van der Waals surface area contributed by atoms with E-state index in [1.54, 1.807) is 6.92 Å². The highest BCUT2D eigenvalue weighted by molar-refractivity contribution is 5.76. The lowest BCUT2D eigenvalue weighted by molar-refractivity contribution is -0.129. The van der Waals surface area contributed by atoms with Crippen molar-refractivity contribution < 1.29 is 4.79 Å². The number of benzene rings is 2. The summed E-state index contributed by atoms with van der Waals surface area (Å²) in [7, 11) is 1.94. The number of carbonyl (C=O) groups is 1. The first-order valence-electron chi connectivity index (χ1n) is 11.8. The van der Waals surface area contributed by atoms with Gasteiger partial charge >= 0.3 is 0 Å². The Kier molecular flexibility index (Phi) is 4.98. The Bertz CT molecular complexity index is 1350. The SMILES string of the molecule is CC(=O)N1CCc2[nH]nc(N3C[C@@H](c4ccccc4)Cc4cc(-c5cnn(C)c5)ccc43)c2C1. The molecule has 0 radical (unpaired) electrons. The van der Waals surface area contributed by atoms with Crippen LogP contribution < -0.4 is 4.90 Å². The minimum atomic E-state index is 0.111. The predicted molar refractivity (Wildman–Crippen MR) is 132 cm³/mol. The number of aromatic nitrogens is 4. The highest BCUT2D eigenvalue weighted by atomic mass is 16.2. The van der Waals surface area contributed by atoms with Gasteiger partial charge in [0.15, 0.2) is 5.82 Å². The van der Waals surface area contributed by atoms with Crippen molar-refractivity contribution in [2.24, 2.45) is 7.05 Å². The van der Waals surface area contributed by atoms with Crippen molar-refractivity contribution >= 4 is 17.4 Å². The van der Waals surface area contributed by atoms with Gasteiger partial charge in [-0.25, -0.2) is 0 Å². The Balaban J connectivity index is 1.44. The second-order valence-corrected chi connectivity index (χ2v) is 9.36. The van der Waals surface area contributed by atoms with E-state index in [4.69, 9.17) is 5.10 Å². The first-order valence-corrected chi connectivity index (χ1v) is 11.8. The molecule has 34 heavy (non-hydrogen) atoms. The highest BCUT2D eigenvalue weighted by Crippen LogP contribution is 2.42. The zero-order valence-electron chi connectivity index (χ0n) is 19.5. The Hall–Kier alpha value is -3.87. The standard InChI is InChI=1S/C27H28N6O/c1-18(34)32-11-10-25-24(17-32)27(30-29-25)33-16-22(19-6-4-3-5-7-19)13-21-12-20(8-9-26(21)33)23-14-28-31(2)15-23/h3-9,12,14-15,22H,10-11,13,16-17H2,1-2H3,(H,29,30)/t22-/m0/s1. The van der Waals surface area contributed by atoms with Gasteiger partial charge in [-0.2, -0.15) is 10.2 Å². The number of fused-ring (bicyclic) bond motifs is 2. The lowest BCUT2D eigenvalue weighted by Gasteiger charge is -2.37. The van der Waals surface area contributed by atoms with Crippen molar-refractivity contribution in [3.05, 3.63) is 83.3 Å². The number of nitrogens with one attached hydrogen (secondary N) is 1. The number of anilines is 2. The van der Waals surface area contributed by atoms with E-state index in [1.807, 2.05) is 22.8 Å². The summed E-state index contributed by atoms with van der Waals surface area (Å²) in [5.41, 5.74) is 8.40. The second kappa shape index (κ2) is 8.17. The quantitative estimate of drug-likeness (QED) is 0.506. The molecule has 1 N–H and O–H groups in total. The maximum Gasteiger partial charge on any atom is 0.219 e. The molecule has 0 bridgehead atoms. The van der Waals surface area contributed by atoms with Crippen LogP contribution in [0.2, 0.25) is 0 Å². The molecule has 6 rings (SSSR count). The number of H-pyrrole nitrogens is 1. The molecular formula is C27H28N6O. The average Bonchev–Trinajstić information content (AvgIpc) is 3.49. The smallest absolute Gasteiger partial charge is 0.219 e. The molecule has 0 saturated carbocycles. The fraction of sp³-hybridized carbons (Fsp3) is 0.296. The molecule has 172 valence electrons. The minimum Gasteiger partial charge on any atom is -0.338 e. The van der Waals surface area contributed by atoms with Gasteiger partial charge in [0.2, 0.25) is 5.91 Å². The third-order valence-corrected chi connectivity index (χ3v) is 7.16. The van der Waals surface area contributed by atoms with E-state index in [0.717, 1.165) is 48.6 Å². The van der Waals surface area contributed by atoms with Gasteiger partial charge in [-0.15, -0.1) is 0 Å². The zero-order chi connectivity index (χ0) is 23.2. The fourth-order valence-corrected chi connectivity index (χ4v) is 5.33. The van der Waals surface area contributed by atoms with E-state index in [1.165, 1.54) is 22.4 Å². The van der Waals surface area contributed by atoms with Gasteiger partial charge in [0, 0.05) is 68.1 Å². The molecule has 4 aromatic rings. The lowest BCUT2D eigenvalue weighted by atomic mass is 9.86. The largest absolute Gasteiger partial charge is 0.338 e. The summed E-state index contributed by atoms with van der Waals surface area (Å²) in [5.74, 6) is 1.40. The van der Waals surface area contributed by atoms with E-state index in [0.29, 0.717) is 12.5 Å². The molecule has 0 spiro atoms. The van der Waals surface area contributed by atoms with Crippen molar-refractivity contribution in [3.8, 4) is 11.1 Å². The number of amides is 1. The number of hydrogen-bond donors (Lipinski definition) is 1. The number of hydrogen-bond acceptors (Lipinski definition) is 4. The summed E-state index contributed by atoms with van der Waals surface area (Å²) < 4.78 is 1.84. The van der Waals surface area contributed by atoms with Crippen LogP contribution in [0.15, 0.2) is 60.9 Å². The number of nitrogens with zero attached hydrogens (tertiary/aromatic N) is 5. The van der Waals surface area contributed by atoms with E-state index >= 15 is 0 Å². The van der Waals surface area contributed by atoms with Crippen LogP contribution in [0.1, 0.15) is 35.2 Å². The van der Waals surface area contributed by atoms with E-state index in [2.05, 4.69) is 69.8 Å². The molecule has 0 fully saturated rings. The Morgan fingerprint density at radius 2 is 1.97 bits per heavy atom. The van der Waals surface area contributed by atoms with Crippen LogP contribution in [0.25, 0.3) is 11.1 Å². The van der Waals surface area contributed by atoms with Gasteiger partial charge in [0.05, 0.1) is 12.7 Å². The minimum absolute atomic E-state index is 0.111. The first kappa shape index (κ1) is 20.7. The third-order valence-electron chi connectivity index (χ3n) is 7.16. The molecule has 0 unspecified atom stereocenters. The summed E-state index contributed by atoms with van der Waals surface area (Å²) in [6.45, 7) is 3.83. The fourth-order valence-electron chi connectivity index (χ4n) is 5.33. The summed E-state index contributed by atoms with van der Waals surface area (Å²) in [6, 6.07) is 17.4.